The number of pyridine rings is 1. The first-order chi connectivity index (χ1) is 6.13. The molecule has 0 spiro atoms. The summed E-state index contributed by atoms with van der Waals surface area (Å²) in [6.45, 7) is 1.74. The van der Waals surface area contributed by atoms with E-state index in [9.17, 15) is 0 Å². The van der Waals surface area contributed by atoms with Gasteiger partial charge in [-0.05, 0) is 35.0 Å². The van der Waals surface area contributed by atoms with E-state index in [4.69, 9.17) is 9.84 Å². The number of ether oxygens (including phenoxy) is 1. The van der Waals surface area contributed by atoms with Crippen molar-refractivity contribution in [2.24, 2.45) is 0 Å². The van der Waals surface area contributed by atoms with Crippen LogP contribution in [0.3, 0.4) is 0 Å². The number of aromatic nitrogens is 1. The summed E-state index contributed by atoms with van der Waals surface area (Å²) in [4.78, 5) is 4.22. The predicted molar refractivity (Wildman–Crippen MR) is 53.9 cm³/mol. The van der Waals surface area contributed by atoms with E-state index >= 15 is 0 Å². The van der Waals surface area contributed by atoms with Crippen LogP contribution in [0.1, 0.15) is 12.6 Å². The minimum absolute atomic E-state index is 0.368. The molecule has 0 aliphatic carbocycles. The summed E-state index contributed by atoms with van der Waals surface area (Å²) in [6, 6.07) is 3.67. The lowest BCUT2D eigenvalue weighted by atomic mass is 10.2. The van der Waals surface area contributed by atoms with Crippen LogP contribution in [0.25, 0.3) is 0 Å². The lowest BCUT2D eigenvalue weighted by Gasteiger charge is -2.06. The Morgan fingerprint density at radius 2 is 2.31 bits per heavy atom. The topological polar surface area (TPSA) is 42.4 Å². The SMILES string of the molecule is COc1ccc(CC(C)O)nc1Br. The maximum atomic E-state index is 9.14. The van der Waals surface area contributed by atoms with Crippen molar-refractivity contribution in [3.8, 4) is 5.75 Å². The summed E-state index contributed by atoms with van der Waals surface area (Å²) in [7, 11) is 1.59. The Kier molecular flexibility index (Phi) is 3.69. The molecule has 13 heavy (non-hydrogen) atoms. The van der Waals surface area contributed by atoms with Crippen molar-refractivity contribution in [3.63, 3.8) is 0 Å². The normalized spacial score (nSPS) is 12.6. The molecule has 0 radical (unpaired) electrons. The highest BCUT2D eigenvalue weighted by Gasteiger charge is 2.04. The number of methoxy groups -OCH3 is 1. The molecule has 3 nitrogen and oxygen atoms in total. The lowest BCUT2D eigenvalue weighted by Crippen LogP contribution is -2.06. The van der Waals surface area contributed by atoms with Gasteiger partial charge in [0.25, 0.3) is 0 Å². The average Bonchev–Trinajstić information content (AvgIpc) is 2.03. The molecule has 0 amide bonds. The van der Waals surface area contributed by atoms with Gasteiger partial charge in [-0.25, -0.2) is 4.98 Å². The molecule has 0 saturated heterocycles. The van der Waals surface area contributed by atoms with E-state index in [1.165, 1.54) is 0 Å². The van der Waals surface area contributed by atoms with Crippen LogP contribution in [0.2, 0.25) is 0 Å². The maximum absolute atomic E-state index is 9.14. The molecule has 0 fully saturated rings. The number of hydrogen-bond donors (Lipinski definition) is 1. The van der Waals surface area contributed by atoms with Crippen LogP contribution in [-0.2, 0) is 6.42 Å². The maximum Gasteiger partial charge on any atom is 0.151 e. The molecule has 1 atom stereocenters. The molecule has 0 saturated carbocycles. The first-order valence-electron chi connectivity index (χ1n) is 4.01. The standard InChI is InChI=1S/C9H12BrNO2/c1-6(12)5-7-3-4-8(13-2)9(10)11-7/h3-4,6,12H,5H2,1-2H3. The molecule has 72 valence electrons. The third-order valence-electron chi connectivity index (χ3n) is 1.60. The monoisotopic (exact) mass is 245 g/mol. The highest BCUT2D eigenvalue weighted by molar-refractivity contribution is 9.10. The molecule has 1 N–H and O–H groups in total. The van der Waals surface area contributed by atoms with Gasteiger partial charge in [-0.1, -0.05) is 0 Å². The molecule has 4 heteroatoms. The molecule has 1 heterocycles. The largest absolute Gasteiger partial charge is 0.494 e. The smallest absolute Gasteiger partial charge is 0.151 e. The Morgan fingerprint density at radius 1 is 1.62 bits per heavy atom. The molecule has 1 unspecified atom stereocenters. The zero-order valence-electron chi connectivity index (χ0n) is 7.62. The fourth-order valence-electron chi connectivity index (χ4n) is 1.03. The van der Waals surface area contributed by atoms with Crippen molar-refractivity contribution in [2.45, 2.75) is 19.4 Å². The molecule has 1 aromatic rings. The van der Waals surface area contributed by atoms with Gasteiger partial charge in [0, 0.05) is 12.1 Å². The van der Waals surface area contributed by atoms with Crippen LogP contribution in [-0.4, -0.2) is 23.3 Å². The number of aliphatic hydroxyl groups excluding tert-OH is 1. The summed E-state index contributed by atoms with van der Waals surface area (Å²) in [5.74, 6) is 0.703. The molecule has 1 rings (SSSR count). The lowest BCUT2D eigenvalue weighted by molar-refractivity contribution is 0.194. The Balaban J connectivity index is 2.83. The van der Waals surface area contributed by atoms with E-state index in [0.717, 1.165) is 5.69 Å². The van der Waals surface area contributed by atoms with Gasteiger partial charge in [-0.2, -0.15) is 0 Å². The first-order valence-corrected chi connectivity index (χ1v) is 4.80. The van der Waals surface area contributed by atoms with E-state index in [1.54, 1.807) is 14.0 Å². The molecule has 0 bridgehead atoms. The van der Waals surface area contributed by atoms with Crippen molar-refractivity contribution < 1.29 is 9.84 Å². The van der Waals surface area contributed by atoms with Crippen LogP contribution >= 0.6 is 15.9 Å². The van der Waals surface area contributed by atoms with Gasteiger partial charge >= 0.3 is 0 Å². The van der Waals surface area contributed by atoms with E-state index in [2.05, 4.69) is 20.9 Å². The van der Waals surface area contributed by atoms with Crippen molar-refractivity contribution in [3.05, 3.63) is 22.4 Å². The third-order valence-corrected chi connectivity index (χ3v) is 2.16. The van der Waals surface area contributed by atoms with Crippen LogP contribution < -0.4 is 4.74 Å². The summed E-state index contributed by atoms with van der Waals surface area (Å²) < 4.78 is 5.71. The quantitative estimate of drug-likeness (QED) is 0.826. The molecule has 0 aliphatic rings. The highest BCUT2D eigenvalue weighted by Crippen LogP contribution is 2.22. The summed E-state index contributed by atoms with van der Waals surface area (Å²) in [5, 5.41) is 9.14. The Bertz CT molecular complexity index is 289. The van der Waals surface area contributed by atoms with Crippen LogP contribution in [0.4, 0.5) is 0 Å². The summed E-state index contributed by atoms with van der Waals surface area (Å²) >= 11 is 3.28. The minimum Gasteiger partial charge on any atom is -0.494 e. The van der Waals surface area contributed by atoms with Gasteiger partial charge < -0.3 is 9.84 Å². The number of aliphatic hydroxyl groups is 1. The van der Waals surface area contributed by atoms with Gasteiger partial charge in [0.2, 0.25) is 0 Å². The van der Waals surface area contributed by atoms with Crippen LogP contribution in [0, 0.1) is 0 Å². The molecule has 1 aromatic heterocycles. The van der Waals surface area contributed by atoms with Gasteiger partial charge in [-0.3, -0.25) is 0 Å². The zero-order valence-corrected chi connectivity index (χ0v) is 9.21. The zero-order chi connectivity index (χ0) is 9.84. The van der Waals surface area contributed by atoms with Crippen LogP contribution in [0.15, 0.2) is 16.7 Å². The second-order valence-corrected chi connectivity index (χ2v) is 3.60. The van der Waals surface area contributed by atoms with Gasteiger partial charge in [0.15, 0.2) is 5.75 Å². The number of hydrogen-bond acceptors (Lipinski definition) is 3. The molecular formula is C9H12BrNO2. The predicted octanol–water partition coefficient (Wildman–Crippen LogP) is 1.78. The molecule has 0 aliphatic heterocycles. The van der Waals surface area contributed by atoms with Gasteiger partial charge in [0.05, 0.1) is 13.2 Å². The van der Waals surface area contributed by atoms with Gasteiger partial charge in [0.1, 0.15) is 4.60 Å². The van der Waals surface area contributed by atoms with Crippen molar-refractivity contribution in [2.75, 3.05) is 7.11 Å². The van der Waals surface area contributed by atoms with Crippen molar-refractivity contribution >= 4 is 15.9 Å². The summed E-state index contributed by atoms with van der Waals surface area (Å²) in [6.07, 6.45) is 0.190. The fraction of sp³-hybridized carbons (Fsp3) is 0.444. The van der Waals surface area contributed by atoms with E-state index < -0.39 is 0 Å². The molecule has 0 aromatic carbocycles. The number of rotatable bonds is 3. The third kappa shape index (κ3) is 2.97. The van der Waals surface area contributed by atoms with Gasteiger partial charge in [-0.15, -0.1) is 0 Å². The van der Waals surface area contributed by atoms with Crippen molar-refractivity contribution in [1.82, 2.24) is 4.98 Å². The van der Waals surface area contributed by atoms with E-state index in [0.29, 0.717) is 16.8 Å². The second kappa shape index (κ2) is 4.58. The average molecular weight is 246 g/mol. The Morgan fingerprint density at radius 3 is 2.77 bits per heavy atom. The summed E-state index contributed by atoms with van der Waals surface area (Å²) in [5.41, 5.74) is 0.850. The van der Waals surface area contributed by atoms with E-state index in [-0.39, 0.29) is 6.10 Å². The number of nitrogens with zero attached hydrogens (tertiary/aromatic N) is 1. The van der Waals surface area contributed by atoms with E-state index in [1.807, 2.05) is 12.1 Å². The fourth-order valence-corrected chi connectivity index (χ4v) is 1.55. The highest BCUT2D eigenvalue weighted by atomic mass is 79.9. The Labute approximate surface area is 85.9 Å². The minimum atomic E-state index is -0.368. The second-order valence-electron chi connectivity index (χ2n) is 2.85. The number of halogens is 1. The molecular weight excluding hydrogens is 234 g/mol. The Hall–Kier alpha value is -0.610. The van der Waals surface area contributed by atoms with Crippen molar-refractivity contribution in [1.29, 1.82) is 0 Å². The first kappa shape index (κ1) is 10.5. The van der Waals surface area contributed by atoms with Crippen LogP contribution in [0.5, 0.6) is 5.75 Å².